The molecule has 1 saturated heterocycles. The minimum absolute atomic E-state index is 0.00191. The average molecular weight is 332 g/mol. The lowest BCUT2D eigenvalue weighted by Gasteiger charge is -2.34. The van der Waals surface area contributed by atoms with Crippen LogP contribution >= 0.6 is 0 Å². The molecular formula is C16H20N4O4. The van der Waals surface area contributed by atoms with E-state index < -0.39 is 11.0 Å². The molecule has 128 valence electrons. The first kappa shape index (κ1) is 16.6. The highest BCUT2D eigenvalue weighted by molar-refractivity contribution is 5.20. The van der Waals surface area contributed by atoms with Gasteiger partial charge in [0.25, 0.3) is 0 Å². The molecule has 0 radical (unpaired) electrons. The molecule has 3 rings (SSSR count). The summed E-state index contributed by atoms with van der Waals surface area (Å²) in [5.74, 6) is 0. The van der Waals surface area contributed by atoms with E-state index in [1.165, 1.54) is 17.1 Å². The number of β-amino-alcohol motifs (C(OH)–C–C–N with tert-alkyl or cyclic N) is 1. The van der Waals surface area contributed by atoms with Gasteiger partial charge in [-0.2, -0.15) is 5.10 Å². The molecule has 1 aliphatic heterocycles. The Morgan fingerprint density at radius 3 is 2.88 bits per heavy atom. The van der Waals surface area contributed by atoms with Crippen LogP contribution in [0.25, 0.3) is 0 Å². The molecule has 0 amide bonds. The van der Waals surface area contributed by atoms with Crippen LogP contribution in [-0.2, 0) is 11.3 Å². The normalized spacial score (nSPS) is 20.0. The van der Waals surface area contributed by atoms with Crippen LogP contribution in [0, 0.1) is 10.1 Å². The first-order valence-electron chi connectivity index (χ1n) is 7.85. The summed E-state index contributed by atoms with van der Waals surface area (Å²) in [6.45, 7) is 2.76. The van der Waals surface area contributed by atoms with Gasteiger partial charge < -0.3 is 9.84 Å². The van der Waals surface area contributed by atoms with E-state index in [2.05, 4.69) is 10.00 Å². The van der Waals surface area contributed by atoms with Crippen molar-refractivity contribution in [2.45, 2.75) is 18.8 Å². The number of hydrogen-bond acceptors (Lipinski definition) is 6. The molecule has 0 bridgehead atoms. The van der Waals surface area contributed by atoms with Crippen LogP contribution in [0.5, 0.6) is 0 Å². The van der Waals surface area contributed by atoms with Crippen LogP contribution in [0.4, 0.5) is 5.69 Å². The molecular weight excluding hydrogens is 312 g/mol. The van der Waals surface area contributed by atoms with Crippen molar-refractivity contribution in [2.75, 3.05) is 26.2 Å². The molecule has 0 spiro atoms. The summed E-state index contributed by atoms with van der Waals surface area (Å²) in [6, 6.07) is 10.0. The lowest BCUT2D eigenvalue weighted by atomic mass is 10.1. The zero-order chi connectivity index (χ0) is 16.9. The lowest BCUT2D eigenvalue weighted by molar-refractivity contribution is -0.385. The SMILES string of the molecule is O=[N+]([O-])c1cnn(CC(O)CN2CCOC(c3ccccc3)C2)c1. The highest BCUT2D eigenvalue weighted by Gasteiger charge is 2.23. The van der Waals surface area contributed by atoms with Crippen LogP contribution in [-0.4, -0.2) is 57.1 Å². The average Bonchev–Trinajstić information content (AvgIpc) is 3.04. The number of nitro groups is 1. The monoisotopic (exact) mass is 332 g/mol. The van der Waals surface area contributed by atoms with Gasteiger partial charge in [-0.15, -0.1) is 0 Å². The second-order valence-corrected chi connectivity index (χ2v) is 5.86. The molecule has 8 nitrogen and oxygen atoms in total. The molecule has 1 aromatic heterocycles. The fraction of sp³-hybridized carbons (Fsp3) is 0.438. The molecule has 1 N–H and O–H groups in total. The Hall–Kier alpha value is -2.29. The summed E-state index contributed by atoms with van der Waals surface area (Å²) in [5.41, 5.74) is 1.05. The van der Waals surface area contributed by atoms with E-state index in [1.54, 1.807) is 0 Å². The van der Waals surface area contributed by atoms with E-state index in [0.29, 0.717) is 19.7 Å². The molecule has 2 heterocycles. The molecule has 1 fully saturated rings. The molecule has 2 aromatic rings. The largest absolute Gasteiger partial charge is 0.390 e. The zero-order valence-electron chi connectivity index (χ0n) is 13.2. The quantitative estimate of drug-likeness (QED) is 0.631. The number of benzene rings is 1. The van der Waals surface area contributed by atoms with Crippen molar-refractivity contribution in [3.05, 3.63) is 58.4 Å². The van der Waals surface area contributed by atoms with E-state index in [0.717, 1.165) is 12.1 Å². The topological polar surface area (TPSA) is 93.7 Å². The number of hydrogen-bond donors (Lipinski definition) is 1. The molecule has 1 aliphatic rings. The number of aliphatic hydroxyl groups excluding tert-OH is 1. The molecule has 2 atom stereocenters. The van der Waals surface area contributed by atoms with E-state index in [1.807, 2.05) is 30.3 Å². The van der Waals surface area contributed by atoms with E-state index in [-0.39, 0.29) is 18.3 Å². The Balaban J connectivity index is 1.53. The summed E-state index contributed by atoms with van der Waals surface area (Å²) in [4.78, 5) is 12.3. The molecule has 2 unspecified atom stereocenters. The molecule has 8 heteroatoms. The number of ether oxygens (including phenoxy) is 1. The van der Waals surface area contributed by atoms with Crippen LogP contribution in [0.3, 0.4) is 0 Å². The van der Waals surface area contributed by atoms with Gasteiger partial charge in [0, 0.05) is 19.6 Å². The van der Waals surface area contributed by atoms with E-state index >= 15 is 0 Å². The maximum absolute atomic E-state index is 10.7. The summed E-state index contributed by atoms with van der Waals surface area (Å²) >= 11 is 0. The number of aliphatic hydroxyl groups is 1. The molecule has 24 heavy (non-hydrogen) atoms. The van der Waals surface area contributed by atoms with Crippen molar-refractivity contribution >= 4 is 5.69 Å². The lowest BCUT2D eigenvalue weighted by Crippen LogP contribution is -2.43. The third kappa shape index (κ3) is 4.16. The number of aromatic nitrogens is 2. The van der Waals surface area contributed by atoms with Crippen molar-refractivity contribution in [3.63, 3.8) is 0 Å². The van der Waals surface area contributed by atoms with Crippen molar-refractivity contribution in [2.24, 2.45) is 0 Å². The van der Waals surface area contributed by atoms with Gasteiger partial charge in [-0.1, -0.05) is 30.3 Å². The highest BCUT2D eigenvalue weighted by Crippen LogP contribution is 2.22. The second kappa shape index (κ2) is 7.52. The van der Waals surface area contributed by atoms with Gasteiger partial charge >= 0.3 is 5.69 Å². The Morgan fingerprint density at radius 1 is 1.38 bits per heavy atom. The molecule has 0 aliphatic carbocycles. The number of morpholine rings is 1. The summed E-state index contributed by atoms with van der Waals surface area (Å²) in [7, 11) is 0. The third-order valence-corrected chi connectivity index (χ3v) is 4.02. The van der Waals surface area contributed by atoms with E-state index in [4.69, 9.17) is 4.74 Å². The summed E-state index contributed by atoms with van der Waals surface area (Å²) in [6.07, 6.45) is 1.86. The Morgan fingerprint density at radius 2 is 2.17 bits per heavy atom. The van der Waals surface area contributed by atoms with Crippen molar-refractivity contribution in [1.82, 2.24) is 14.7 Å². The Kier molecular flexibility index (Phi) is 5.19. The van der Waals surface area contributed by atoms with Crippen LogP contribution < -0.4 is 0 Å². The maximum atomic E-state index is 10.7. The maximum Gasteiger partial charge on any atom is 0.306 e. The Bertz CT molecular complexity index is 676. The smallest absolute Gasteiger partial charge is 0.306 e. The van der Waals surface area contributed by atoms with Crippen molar-refractivity contribution < 1.29 is 14.8 Å². The van der Waals surface area contributed by atoms with Crippen LogP contribution in [0.1, 0.15) is 11.7 Å². The summed E-state index contributed by atoms with van der Waals surface area (Å²) in [5, 5.41) is 24.8. The van der Waals surface area contributed by atoms with Gasteiger partial charge in [0.15, 0.2) is 0 Å². The second-order valence-electron chi connectivity index (χ2n) is 5.86. The van der Waals surface area contributed by atoms with Gasteiger partial charge in [-0.25, -0.2) is 0 Å². The van der Waals surface area contributed by atoms with Crippen LogP contribution in [0.15, 0.2) is 42.7 Å². The summed E-state index contributed by atoms with van der Waals surface area (Å²) < 4.78 is 7.21. The Labute approximate surface area is 139 Å². The zero-order valence-corrected chi connectivity index (χ0v) is 13.2. The predicted molar refractivity (Wildman–Crippen MR) is 86.5 cm³/mol. The number of nitrogens with zero attached hydrogens (tertiary/aromatic N) is 4. The van der Waals surface area contributed by atoms with Gasteiger partial charge in [0.2, 0.25) is 0 Å². The predicted octanol–water partition coefficient (Wildman–Crippen LogP) is 1.23. The highest BCUT2D eigenvalue weighted by atomic mass is 16.6. The van der Waals surface area contributed by atoms with E-state index in [9.17, 15) is 15.2 Å². The first-order chi connectivity index (χ1) is 11.6. The fourth-order valence-corrected chi connectivity index (χ4v) is 2.86. The fourth-order valence-electron chi connectivity index (χ4n) is 2.86. The van der Waals surface area contributed by atoms with Crippen molar-refractivity contribution in [1.29, 1.82) is 0 Å². The van der Waals surface area contributed by atoms with Gasteiger partial charge in [0.05, 0.1) is 30.3 Å². The minimum Gasteiger partial charge on any atom is -0.390 e. The molecule has 1 aromatic carbocycles. The first-order valence-corrected chi connectivity index (χ1v) is 7.85. The molecule has 0 saturated carbocycles. The standard InChI is InChI=1S/C16H20N4O4/c21-15(11-19-9-14(8-17-19)20(22)23)10-18-6-7-24-16(12-18)13-4-2-1-3-5-13/h1-5,8-9,15-16,21H,6-7,10-12H2. The number of rotatable bonds is 6. The van der Waals surface area contributed by atoms with Gasteiger partial charge in [-0.05, 0) is 5.56 Å². The third-order valence-electron chi connectivity index (χ3n) is 4.02. The van der Waals surface area contributed by atoms with Crippen molar-refractivity contribution in [3.8, 4) is 0 Å². The van der Waals surface area contributed by atoms with Crippen LogP contribution in [0.2, 0.25) is 0 Å². The minimum atomic E-state index is -0.654. The van der Waals surface area contributed by atoms with Gasteiger partial charge in [-0.3, -0.25) is 19.7 Å². The van der Waals surface area contributed by atoms with Gasteiger partial charge in [0.1, 0.15) is 12.4 Å².